The van der Waals surface area contributed by atoms with Crippen LogP contribution >= 0.6 is 0 Å². The molecule has 11 nitrogen and oxygen atoms in total. The Labute approximate surface area is 216 Å². The average molecular weight is 524 g/mol. The molecule has 12 heteroatoms. The van der Waals surface area contributed by atoms with Crippen molar-refractivity contribution in [2.45, 2.75) is 59.0 Å². The molecule has 1 amide bonds. The van der Waals surface area contributed by atoms with Gasteiger partial charge in [0.2, 0.25) is 5.88 Å². The highest BCUT2D eigenvalue weighted by molar-refractivity contribution is 7.87. The average Bonchev–Trinajstić information content (AvgIpc) is 3.50. The highest BCUT2D eigenvalue weighted by Gasteiger charge is 2.40. The summed E-state index contributed by atoms with van der Waals surface area (Å²) in [7, 11) is -4.02. The van der Waals surface area contributed by atoms with Crippen LogP contribution in [0.25, 0.3) is 5.82 Å². The van der Waals surface area contributed by atoms with E-state index in [9.17, 15) is 13.2 Å². The summed E-state index contributed by atoms with van der Waals surface area (Å²) in [6.45, 7) is 12.2. The van der Waals surface area contributed by atoms with Gasteiger partial charge in [-0.2, -0.15) is 12.7 Å². The zero-order chi connectivity index (χ0) is 26.3. The number of amides is 1. The van der Waals surface area contributed by atoms with Crippen LogP contribution in [0.4, 0.5) is 5.82 Å². The highest BCUT2D eigenvalue weighted by Crippen LogP contribution is 2.37. The van der Waals surface area contributed by atoms with Gasteiger partial charge in [0.15, 0.2) is 5.82 Å². The molecule has 36 heavy (non-hydrogen) atoms. The van der Waals surface area contributed by atoms with Gasteiger partial charge < -0.3 is 15.4 Å². The second-order valence-corrected chi connectivity index (χ2v) is 12.6. The number of rotatable bonds is 8. The number of hydrogen-bond acceptors (Lipinski definition) is 8. The zero-order valence-corrected chi connectivity index (χ0v) is 22.5. The van der Waals surface area contributed by atoms with Crippen molar-refractivity contribution in [3.05, 3.63) is 30.0 Å². The van der Waals surface area contributed by atoms with Gasteiger partial charge in [0.05, 0.1) is 12.2 Å². The van der Waals surface area contributed by atoms with Crippen LogP contribution in [0.15, 0.2) is 24.4 Å². The lowest BCUT2D eigenvalue weighted by atomic mass is 9.97. The molecule has 0 aromatic carbocycles. The van der Waals surface area contributed by atoms with E-state index in [0.717, 1.165) is 6.42 Å². The molecule has 2 aliphatic heterocycles. The first-order chi connectivity index (χ1) is 16.9. The Kier molecular flexibility index (Phi) is 7.31. The predicted octanol–water partition coefficient (Wildman–Crippen LogP) is 2.43. The zero-order valence-electron chi connectivity index (χ0n) is 21.6. The molecular formula is C24H41N7O4S. The van der Waals surface area contributed by atoms with Gasteiger partial charge in [-0.15, -0.1) is 5.10 Å². The smallest absolute Gasteiger partial charge is 0.304 e. The van der Waals surface area contributed by atoms with Gasteiger partial charge in [-0.25, -0.2) is 14.4 Å². The van der Waals surface area contributed by atoms with E-state index in [4.69, 9.17) is 15.5 Å². The first kappa shape index (κ1) is 26.4. The Bertz CT molecular complexity index is 1220. The molecule has 0 spiro atoms. The predicted molar refractivity (Wildman–Crippen MR) is 142 cm³/mol. The van der Waals surface area contributed by atoms with E-state index in [-0.39, 0.29) is 33.1 Å². The highest BCUT2D eigenvalue weighted by atomic mass is 32.2. The van der Waals surface area contributed by atoms with Crippen LogP contribution in [0, 0.1) is 11.8 Å². The number of carbonyl (C=O) groups excluding carboxylic acids is 1. The van der Waals surface area contributed by atoms with E-state index < -0.39 is 16.1 Å². The molecule has 0 aliphatic carbocycles. The minimum atomic E-state index is -4.02. The lowest BCUT2D eigenvalue weighted by Gasteiger charge is -2.34. The second kappa shape index (κ2) is 9.98. The molecule has 4 heterocycles. The van der Waals surface area contributed by atoms with E-state index in [1.807, 2.05) is 0 Å². The minimum absolute atomic E-state index is 0. The van der Waals surface area contributed by atoms with Crippen LogP contribution in [0.2, 0.25) is 0 Å². The van der Waals surface area contributed by atoms with Crippen LogP contribution in [0.5, 0.6) is 5.88 Å². The quantitative estimate of drug-likeness (QED) is 0.538. The van der Waals surface area contributed by atoms with Crippen LogP contribution in [-0.2, 0) is 10.2 Å². The molecule has 0 radical (unpaired) electrons. The van der Waals surface area contributed by atoms with E-state index in [0.29, 0.717) is 48.9 Å². The molecule has 2 aliphatic rings. The van der Waals surface area contributed by atoms with E-state index in [1.54, 1.807) is 29.1 Å². The van der Waals surface area contributed by atoms with Crippen LogP contribution in [-0.4, -0.2) is 71.2 Å². The topological polar surface area (TPSA) is 136 Å². The van der Waals surface area contributed by atoms with Gasteiger partial charge in [0, 0.05) is 46.3 Å². The molecule has 2 atom stereocenters. The van der Waals surface area contributed by atoms with E-state index in [2.05, 4.69) is 49.3 Å². The van der Waals surface area contributed by atoms with E-state index >= 15 is 0 Å². The van der Waals surface area contributed by atoms with Gasteiger partial charge in [-0.3, -0.25) is 4.79 Å². The summed E-state index contributed by atoms with van der Waals surface area (Å²) in [6, 6.07) is 4.79. The number of carbonyl (C=O) groups is 1. The standard InChI is InChI=1S/C24H37N7O4S.2H2/c1-16(2)15-35-21-9-11-31(27-21)20-7-6-19(22(26-20)30-13-17(3)12-24(30,4)5)23(32)28-36(33,34)29-10-8-18(25)14-29;;/h6-7,9,11,16-18H,8,10,12-15,25H2,1-5H3,(H,28,32);2*1H/t17-,18-;;/m0../s1. The van der Waals surface area contributed by atoms with Crippen molar-refractivity contribution in [1.82, 2.24) is 23.8 Å². The Morgan fingerprint density at radius 3 is 2.67 bits per heavy atom. The summed E-state index contributed by atoms with van der Waals surface area (Å²) in [5.74, 6) is 1.44. The lowest BCUT2D eigenvalue weighted by Crippen LogP contribution is -2.44. The summed E-state index contributed by atoms with van der Waals surface area (Å²) in [5.41, 5.74) is 5.79. The van der Waals surface area contributed by atoms with Gasteiger partial charge in [0.1, 0.15) is 5.82 Å². The summed E-state index contributed by atoms with van der Waals surface area (Å²) in [4.78, 5) is 20.2. The maximum absolute atomic E-state index is 13.3. The third-order valence-electron chi connectivity index (χ3n) is 6.55. The number of nitrogens with zero attached hydrogens (tertiary/aromatic N) is 5. The van der Waals surface area contributed by atoms with Crippen molar-refractivity contribution in [1.29, 1.82) is 0 Å². The number of ether oxygens (including phenoxy) is 1. The van der Waals surface area contributed by atoms with Crippen molar-refractivity contribution in [3.8, 4) is 11.7 Å². The third-order valence-corrected chi connectivity index (χ3v) is 8.00. The van der Waals surface area contributed by atoms with E-state index in [1.165, 1.54) is 4.31 Å². The molecule has 0 bridgehead atoms. The first-order valence-electron chi connectivity index (χ1n) is 12.4. The minimum Gasteiger partial charge on any atom is -0.476 e. The largest absolute Gasteiger partial charge is 0.476 e. The summed E-state index contributed by atoms with van der Waals surface area (Å²) in [6.07, 6.45) is 3.22. The van der Waals surface area contributed by atoms with Crippen molar-refractivity contribution in [2.24, 2.45) is 17.6 Å². The van der Waals surface area contributed by atoms with Crippen molar-refractivity contribution >= 4 is 21.9 Å². The summed E-state index contributed by atoms with van der Waals surface area (Å²) in [5, 5.41) is 4.46. The normalized spacial score (nSPS) is 22.4. The fraction of sp³-hybridized carbons (Fsp3) is 0.625. The van der Waals surface area contributed by atoms with Crippen LogP contribution in [0.1, 0.15) is 60.7 Å². The molecule has 4 rings (SSSR count). The first-order valence-corrected chi connectivity index (χ1v) is 13.8. The fourth-order valence-electron chi connectivity index (χ4n) is 4.88. The molecule has 0 unspecified atom stereocenters. The Morgan fingerprint density at radius 1 is 1.31 bits per heavy atom. The Hall–Kier alpha value is -2.70. The van der Waals surface area contributed by atoms with Gasteiger partial charge in [-0.05, 0) is 50.7 Å². The molecule has 2 saturated heterocycles. The Balaban J connectivity index is 0.00000253. The molecule has 2 fully saturated rings. The number of aromatic nitrogens is 3. The molecule has 3 N–H and O–H groups in total. The van der Waals surface area contributed by atoms with Gasteiger partial charge >= 0.3 is 10.2 Å². The monoisotopic (exact) mass is 523 g/mol. The van der Waals surface area contributed by atoms with Crippen molar-refractivity contribution in [2.75, 3.05) is 31.1 Å². The molecular weight excluding hydrogens is 482 g/mol. The number of pyridine rings is 1. The van der Waals surface area contributed by atoms with Crippen molar-refractivity contribution < 1.29 is 20.8 Å². The number of hydrogen-bond donors (Lipinski definition) is 2. The summed E-state index contributed by atoms with van der Waals surface area (Å²) < 4.78 is 36.4. The van der Waals surface area contributed by atoms with Gasteiger partial charge in [0.25, 0.3) is 5.91 Å². The molecule has 202 valence electrons. The number of nitrogens with two attached hydrogens (primary N) is 1. The fourth-order valence-corrected chi connectivity index (χ4v) is 6.09. The number of nitrogens with one attached hydrogen (secondary N) is 1. The number of anilines is 1. The van der Waals surface area contributed by atoms with Crippen LogP contribution in [0.3, 0.4) is 0 Å². The van der Waals surface area contributed by atoms with Gasteiger partial charge in [-0.1, -0.05) is 20.8 Å². The van der Waals surface area contributed by atoms with Crippen molar-refractivity contribution in [3.63, 3.8) is 0 Å². The maximum Gasteiger partial charge on any atom is 0.304 e. The summed E-state index contributed by atoms with van der Waals surface area (Å²) >= 11 is 0. The molecule has 2 aromatic heterocycles. The maximum atomic E-state index is 13.3. The lowest BCUT2D eigenvalue weighted by molar-refractivity contribution is 0.0979. The molecule has 0 saturated carbocycles. The SMILES string of the molecule is CC(C)COc1ccn(-c2ccc(C(=O)NS(=O)(=O)N3CC[C@H](N)C3)c(N3C[C@@H](C)CC3(C)C)n2)n1.[HH].[HH]. The Morgan fingerprint density at radius 2 is 2.06 bits per heavy atom. The van der Waals surface area contributed by atoms with Crippen LogP contribution < -0.4 is 20.1 Å². The third kappa shape index (κ3) is 5.65. The second-order valence-electron chi connectivity index (χ2n) is 10.9. The molecule has 2 aromatic rings.